The van der Waals surface area contributed by atoms with E-state index in [1.807, 2.05) is 6.92 Å². The van der Waals surface area contributed by atoms with E-state index in [2.05, 4.69) is 20.6 Å². The molecule has 3 heterocycles. The SMILES string of the molecule is CCNc1ncnc2sc3c(c12)CCN(C(=O)CNC(C)=O)C3. The molecule has 0 saturated heterocycles. The Morgan fingerprint density at radius 1 is 1.39 bits per heavy atom. The fourth-order valence-electron chi connectivity index (χ4n) is 2.75. The van der Waals surface area contributed by atoms with E-state index in [1.165, 1.54) is 12.5 Å². The maximum absolute atomic E-state index is 12.2. The Morgan fingerprint density at radius 3 is 2.96 bits per heavy atom. The van der Waals surface area contributed by atoms with E-state index in [-0.39, 0.29) is 18.4 Å². The van der Waals surface area contributed by atoms with Crippen LogP contribution in [-0.2, 0) is 22.6 Å². The Bertz CT molecular complexity index is 758. The predicted molar refractivity (Wildman–Crippen MR) is 89.4 cm³/mol. The Morgan fingerprint density at radius 2 is 2.22 bits per heavy atom. The van der Waals surface area contributed by atoms with Crippen LogP contribution in [0, 0.1) is 0 Å². The summed E-state index contributed by atoms with van der Waals surface area (Å²) in [7, 11) is 0. The van der Waals surface area contributed by atoms with Crippen LogP contribution in [0.5, 0.6) is 0 Å². The maximum atomic E-state index is 12.2. The molecule has 0 saturated carbocycles. The van der Waals surface area contributed by atoms with Crippen molar-refractivity contribution < 1.29 is 9.59 Å². The molecule has 0 spiro atoms. The number of rotatable bonds is 4. The van der Waals surface area contributed by atoms with Crippen LogP contribution in [0.25, 0.3) is 10.2 Å². The largest absolute Gasteiger partial charge is 0.370 e. The maximum Gasteiger partial charge on any atom is 0.242 e. The molecule has 23 heavy (non-hydrogen) atoms. The number of thiophene rings is 1. The normalized spacial score (nSPS) is 13.7. The van der Waals surface area contributed by atoms with Gasteiger partial charge in [-0.15, -0.1) is 11.3 Å². The van der Waals surface area contributed by atoms with Crippen molar-refractivity contribution >= 4 is 39.2 Å². The highest BCUT2D eigenvalue weighted by Crippen LogP contribution is 2.37. The fourth-order valence-corrected chi connectivity index (χ4v) is 3.96. The zero-order valence-electron chi connectivity index (χ0n) is 13.2. The monoisotopic (exact) mass is 333 g/mol. The quantitative estimate of drug-likeness (QED) is 0.876. The second kappa shape index (κ2) is 6.49. The van der Waals surface area contributed by atoms with Crippen LogP contribution in [0.2, 0.25) is 0 Å². The molecular formula is C15H19N5O2S. The molecule has 2 aromatic heterocycles. The Labute approximate surface area is 138 Å². The van der Waals surface area contributed by atoms with Crippen LogP contribution in [0.1, 0.15) is 24.3 Å². The summed E-state index contributed by atoms with van der Waals surface area (Å²) < 4.78 is 0. The van der Waals surface area contributed by atoms with Crippen molar-refractivity contribution in [2.75, 3.05) is 25.0 Å². The molecule has 0 atom stereocenters. The first-order valence-corrected chi connectivity index (χ1v) is 8.43. The van der Waals surface area contributed by atoms with E-state index in [4.69, 9.17) is 0 Å². The minimum atomic E-state index is -0.191. The predicted octanol–water partition coefficient (Wildman–Crippen LogP) is 1.14. The molecule has 0 aliphatic carbocycles. The van der Waals surface area contributed by atoms with E-state index < -0.39 is 0 Å². The first-order valence-electron chi connectivity index (χ1n) is 7.61. The average Bonchev–Trinajstić information content (AvgIpc) is 2.91. The molecule has 1 aliphatic heterocycles. The highest BCUT2D eigenvalue weighted by molar-refractivity contribution is 7.19. The number of amides is 2. The number of anilines is 1. The molecule has 1 aliphatic rings. The third kappa shape index (κ3) is 3.12. The van der Waals surface area contributed by atoms with Crippen LogP contribution >= 0.6 is 11.3 Å². The van der Waals surface area contributed by atoms with Crippen LogP contribution < -0.4 is 10.6 Å². The summed E-state index contributed by atoms with van der Waals surface area (Å²) in [5.74, 6) is 0.623. The van der Waals surface area contributed by atoms with Crippen LogP contribution in [0.15, 0.2) is 6.33 Å². The molecule has 2 aromatic rings. The number of nitrogens with zero attached hydrogens (tertiary/aromatic N) is 3. The summed E-state index contributed by atoms with van der Waals surface area (Å²) in [6.07, 6.45) is 2.36. The number of hydrogen-bond acceptors (Lipinski definition) is 6. The first kappa shape index (κ1) is 15.7. The summed E-state index contributed by atoms with van der Waals surface area (Å²) in [6, 6.07) is 0. The van der Waals surface area contributed by atoms with Gasteiger partial charge in [0.2, 0.25) is 11.8 Å². The van der Waals surface area contributed by atoms with E-state index in [0.29, 0.717) is 13.1 Å². The summed E-state index contributed by atoms with van der Waals surface area (Å²) in [6.45, 7) is 5.53. The Hall–Kier alpha value is -2.22. The lowest BCUT2D eigenvalue weighted by Gasteiger charge is -2.27. The third-order valence-corrected chi connectivity index (χ3v) is 4.95. The summed E-state index contributed by atoms with van der Waals surface area (Å²) in [5.41, 5.74) is 1.24. The molecule has 0 bridgehead atoms. The number of nitrogens with one attached hydrogen (secondary N) is 2. The summed E-state index contributed by atoms with van der Waals surface area (Å²) >= 11 is 1.61. The highest BCUT2D eigenvalue weighted by atomic mass is 32.1. The highest BCUT2D eigenvalue weighted by Gasteiger charge is 2.26. The molecule has 0 radical (unpaired) electrons. The lowest BCUT2D eigenvalue weighted by atomic mass is 10.0. The number of carbonyl (C=O) groups excluding carboxylic acids is 2. The van der Waals surface area contributed by atoms with Crippen LogP contribution in [0.4, 0.5) is 5.82 Å². The molecule has 2 amide bonds. The first-order chi connectivity index (χ1) is 11.1. The lowest BCUT2D eigenvalue weighted by molar-refractivity contribution is -0.133. The number of hydrogen-bond donors (Lipinski definition) is 2. The third-order valence-electron chi connectivity index (χ3n) is 3.82. The summed E-state index contributed by atoms with van der Waals surface area (Å²) in [4.78, 5) is 35.7. The van der Waals surface area contributed by atoms with Crippen molar-refractivity contribution in [2.45, 2.75) is 26.8 Å². The second-order valence-electron chi connectivity index (χ2n) is 5.41. The molecule has 122 valence electrons. The van der Waals surface area contributed by atoms with Gasteiger partial charge in [0.1, 0.15) is 17.0 Å². The zero-order chi connectivity index (χ0) is 16.4. The van der Waals surface area contributed by atoms with Gasteiger partial charge in [0.25, 0.3) is 0 Å². The van der Waals surface area contributed by atoms with Gasteiger partial charge in [-0.2, -0.15) is 0 Å². The van der Waals surface area contributed by atoms with Gasteiger partial charge in [-0.05, 0) is 18.9 Å². The van der Waals surface area contributed by atoms with Crippen molar-refractivity contribution in [3.63, 3.8) is 0 Å². The van der Waals surface area contributed by atoms with E-state index in [9.17, 15) is 9.59 Å². The molecule has 8 heteroatoms. The standard InChI is InChI=1S/C15H19N5O2S/c1-3-16-14-13-10-4-5-20(12(22)6-17-9(2)21)7-11(10)23-15(13)19-8-18-14/h8H,3-7H2,1-2H3,(H,17,21)(H,16,18,19). The molecule has 0 aromatic carbocycles. The molecule has 0 fully saturated rings. The van der Waals surface area contributed by atoms with Crippen molar-refractivity contribution in [1.29, 1.82) is 0 Å². The van der Waals surface area contributed by atoms with Gasteiger partial charge in [0.05, 0.1) is 18.5 Å². The van der Waals surface area contributed by atoms with Crippen molar-refractivity contribution in [3.8, 4) is 0 Å². The van der Waals surface area contributed by atoms with Gasteiger partial charge in [-0.1, -0.05) is 0 Å². The Balaban J connectivity index is 1.84. The van der Waals surface area contributed by atoms with Gasteiger partial charge in [-0.25, -0.2) is 9.97 Å². The number of aromatic nitrogens is 2. The number of carbonyl (C=O) groups is 2. The molecular weight excluding hydrogens is 314 g/mol. The lowest BCUT2D eigenvalue weighted by Crippen LogP contribution is -2.41. The van der Waals surface area contributed by atoms with Crippen molar-refractivity contribution in [2.24, 2.45) is 0 Å². The summed E-state index contributed by atoms with van der Waals surface area (Å²) in [5, 5.41) is 6.93. The average molecular weight is 333 g/mol. The molecule has 2 N–H and O–H groups in total. The van der Waals surface area contributed by atoms with Crippen molar-refractivity contribution in [3.05, 3.63) is 16.8 Å². The molecule has 3 rings (SSSR count). The van der Waals surface area contributed by atoms with E-state index in [0.717, 1.165) is 33.9 Å². The van der Waals surface area contributed by atoms with E-state index >= 15 is 0 Å². The van der Waals surface area contributed by atoms with Gasteiger partial charge < -0.3 is 15.5 Å². The van der Waals surface area contributed by atoms with Gasteiger partial charge in [0.15, 0.2) is 0 Å². The van der Waals surface area contributed by atoms with Gasteiger partial charge in [0, 0.05) is 24.9 Å². The zero-order valence-corrected chi connectivity index (χ0v) is 14.0. The van der Waals surface area contributed by atoms with E-state index in [1.54, 1.807) is 22.6 Å². The topological polar surface area (TPSA) is 87.2 Å². The molecule has 7 nitrogen and oxygen atoms in total. The van der Waals surface area contributed by atoms with Crippen LogP contribution in [-0.4, -0.2) is 46.3 Å². The van der Waals surface area contributed by atoms with Gasteiger partial charge >= 0.3 is 0 Å². The van der Waals surface area contributed by atoms with Crippen molar-refractivity contribution in [1.82, 2.24) is 20.2 Å². The fraction of sp³-hybridized carbons (Fsp3) is 0.467. The van der Waals surface area contributed by atoms with Gasteiger partial charge in [-0.3, -0.25) is 9.59 Å². The minimum absolute atomic E-state index is 0.0536. The Kier molecular flexibility index (Phi) is 4.42. The second-order valence-corrected chi connectivity index (χ2v) is 6.50. The minimum Gasteiger partial charge on any atom is -0.370 e. The van der Waals surface area contributed by atoms with Crippen LogP contribution in [0.3, 0.4) is 0 Å². The smallest absolute Gasteiger partial charge is 0.242 e. The molecule has 0 unspecified atom stereocenters. The number of fused-ring (bicyclic) bond motifs is 3.